The number of rotatable bonds is 6. The van der Waals surface area contributed by atoms with Crippen LogP contribution < -0.4 is 5.32 Å². The molecule has 2 aromatic rings. The molecule has 6 nitrogen and oxygen atoms in total. The summed E-state index contributed by atoms with van der Waals surface area (Å²) in [4.78, 5) is 32.2. The van der Waals surface area contributed by atoms with Gasteiger partial charge in [-0.15, -0.1) is 0 Å². The number of fused-ring (bicyclic) bond motifs is 1. The maximum absolute atomic E-state index is 13.1. The molecule has 0 atom stereocenters. The van der Waals surface area contributed by atoms with E-state index in [1.165, 1.54) is 0 Å². The van der Waals surface area contributed by atoms with Gasteiger partial charge in [-0.05, 0) is 50.7 Å². The average Bonchev–Trinajstić information content (AvgIpc) is 3.08. The van der Waals surface area contributed by atoms with E-state index in [1.807, 2.05) is 36.6 Å². The molecule has 6 heteroatoms. The molecular formula is C22H30N4O2. The average molecular weight is 383 g/mol. The number of para-hydroxylation sites is 1. The van der Waals surface area contributed by atoms with E-state index in [0.29, 0.717) is 18.1 Å². The van der Waals surface area contributed by atoms with E-state index in [4.69, 9.17) is 0 Å². The van der Waals surface area contributed by atoms with Crippen LogP contribution in [0.15, 0.2) is 18.2 Å². The largest absolute Gasteiger partial charge is 0.339 e. The first kappa shape index (κ1) is 20.1. The van der Waals surface area contributed by atoms with Gasteiger partial charge >= 0.3 is 0 Å². The highest BCUT2D eigenvalue weighted by Crippen LogP contribution is 2.25. The van der Waals surface area contributed by atoms with Gasteiger partial charge < -0.3 is 14.8 Å². The van der Waals surface area contributed by atoms with E-state index in [9.17, 15) is 9.59 Å². The number of hydrogen-bond donors (Lipinski definition) is 1. The molecule has 0 saturated heterocycles. The third-order valence-electron chi connectivity index (χ3n) is 5.44. The van der Waals surface area contributed by atoms with Gasteiger partial charge in [0.05, 0.1) is 5.69 Å². The zero-order chi connectivity index (χ0) is 20.3. The number of aryl methyl sites for hydroxylation is 2. The van der Waals surface area contributed by atoms with Crippen LogP contribution in [-0.2, 0) is 13.0 Å². The number of amides is 2. The van der Waals surface area contributed by atoms with Crippen LogP contribution in [0.1, 0.15) is 70.5 Å². The molecule has 1 aromatic heterocycles. The van der Waals surface area contributed by atoms with Crippen LogP contribution in [-0.4, -0.2) is 39.9 Å². The van der Waals surface area contributed by atoms with Gasteiger partial charge in [0, 0.05) is 25.8 Å². The number of hydrogen-bond acceptors (Lipinski definition) is 3. The first-order valence-electron chi connectivity index (χ1n) is 10.2. The lowest BCUT2D eigenvalue weighted by molar-refractivity contribution is 0.0775. The third kappa shape index (κ3) is 3.96. The van der Waals surface area contributed by atoms with E-state index in [2.05, 4.69) is 17.2 Å². The lowest BCUT2D eigenvalue weighted by Crippen LogP contribution is -2.31. The van der Waals surface area contributed by atoms with Crippen molar-refractivity contribution < 1.29 is 9.59 Å². The fourth-order valence-corrected chi connectivity index (χ4v) is 3.74. The molecule has 2 heterocycles. The standard InChI is InChI=1S/C22H30N4O2/c1-5-6-13-25(4)22(28)20-23-19(17-12-7-8-14-26(17)20)21(27)24-18-15(2)10-9-11-16(18)3/h9-11H,5-8,12-14H2,1-4H3,(H,24,27). The first-order valence-corrected chi connectivity index (χ1v) is 10.2. The predicted molar refractivity (Wildman–Crippen MR) is 111 cm³/mol. The van der Waals surface area contributed by atoms with Crippen LogP contribution in [0.4, 0.5) is 5.69 Å². The molecule has 2 amide bonds. The Morgan fingerprint density at radius 3 is 2.61 bits per heavy atom. The van der Waals surface area contributed by atoms with Crippen molar-refractivity contribution in [2.24, 2.45) is 0 Å². The van der Waals surface area contributed by atoms with Crippen molar-refractivity contribution in [1.82, 2.24) is 14.5 Å². The number of carbonyl (C=O) groups excluding carboxylic acids is 2. The van der Waals surface area contributed by atoms with Crippen LogP contribution >= 0.6 is 0 Å². The molecule has 1 aromatic carbocycles. The summed E-state index contributed by atoms with van der Waals surface area (Å²) in [5, 5.41) is 3.02. The smallest absolute Gasteiger partial charge is 0.289 e. The number of imidazole rings is 1. The normalized spacial score (nSPS) is 13.1. The van der Waals surface area contributed by atoms with Gasteiger partial charge in [-0.1, -0.05) is 31.5 Å². The van der Waals surface area contributed by atoms with Crippen molar-refractivity contribution in [3.8, 4) is 0 Å². The summed E-state index contributed by atoms with van der Waals surface area (Å²) in [7, 11) is 1.80. The van der Waals surface area contributed by atoms with Gasteiger partial charge in [-0.3, -0.25) is 9.59 Å². The van der Waals surface area contributed by atoms with E-state index >= 15 is 0 Å². The highest BCUT2D eigenvalue weighted by molar-refractivity contribution is 6.05. The zero-order valence-electron chi connectivity index (χ0n) is 17.3. The molecule has 0 aliphatic carbocycles. The van der Waals surface area contributed by atoms with Gasteiger partial charge in [0.15, 0.2) is 11.5 Å². The SMILES string of the molecule is CCCCN(C)C(=O)c1nc(C(=O)Nc2c(C)cccc2C)c2n1CCCC2. The molecule has 150 valence electrons. The van der Waals surface area contributed by atoms with Crippen LogP contribution in [0.2, 0.25) is 0 Å². The Labute approximate surface area is 166 Å². The first-order chi connectivity index (χ1) is 13.4. The van der Waals surface area contributed by atoms with Crippen LogP contribution in [0.5, 0.6) is 0 Å². The second-order valence-corrected chi connectivity index (χ2v) is 7.64. The Morgan fingerprint density at radius 2 is 1.93 bits per heavy atom. The maximum Gasteiger partial charge on any atom is 0.289 e. The van der Waals surface area contributed by atoms with Crippen molar-refractivity contribution in [3.05, 3.63) is 46.5 Å². The summed E-state index contributed by atoms with van der Waals surface area (Å²) in [6.45, 7) is 7.49. The quantitative estimate of drug-likeness (QED) is 0.822. The molecule has 28 heavy (non-hydrogen) atoms. The Kier molecular flexibility index (Phi) is 6.17. The molecule has 1 aliphatic rings. The van der Waals surface area contributed by atoms with E-state index < -0.39 is 0 Å². The van der Waals surface area contributed by atoms with E-state index in [-0.39, 0.29) is 11.8 Å². The summed E-state index contributed by atoms with van der Waals surface area (Å²) in [5.41, 5.74) is 4.10. The number of carbonyl (C=O) groups is 2. The molecule has 0 radical (unpaired) electrons. The highest BCUT2D eigenvalue weighted by atomic mass is 16.2. The molecule has 1 N–H and O–H groups in total. The number of benzene rings is 1. The highest BCUT2D eigenvalue weighted by Gasteiger charge is 2.29. The summed E-state index contributed by atoms with van der Waals surface area (Å²) in [6.07, 6.45) is 4.76. The van der Waals surface area contributed by atoms with Crippen LogP contribution in [0, 0.1) is 13.8 Å². The zero-order valence-corrected chi connectivity index (χ0v) is 17.3. The Balaban J connectivity index is 1.92. The summed E-state index contributed by atoms with van der Waals surface area (Å²) < 4.78 is 1.95. The van der Waals surface area contributed by atoms with E-state index in [0.717, 1.165) is 61.2 Å². The Bertz CT molecular complexity index is 865. The minimum absolute atomic E-state index is 0.109. The molecule has 0 bridgehead atoms. The third-order valence-corrected chi connectivity index (χ3v) is 5.44. The van der Waals surface area contributed by atoms with Crippen LogP contribution in [0.25, 0.3) is 0 Å². The van der Waals surface area contributed by atoms with E-state index in [1.54, 1.807) is 11.9 Å². The van der Waals surface area contributed by atoms with Gasteiger partial charge in [0.2, 0.25) is 0 Å². The lowest BCUT2D eigenvalue weighted by Gasteiger charge is -2.20. The van der Waals surface area contributed by atoms with Crippen molar-refractivity contribution in [2.45, 2.75) is 59.4 Å². The fourth-order valence-electron chi connectivity index (χ4n) is 3.74. The monoisotopic (exact) mass is 382 g/mol. The summed E-state index contributed by atoms with van der Waals surface area (Å²) in [6, 6.07) is 5.92. The van der Waals surface area contributed by atoms with Crippen molar-refractivity contribution in [1.29, 1.82) is 0 Å². The van der Waals surface area contributed by atoms with Gasteiger partial charge in [0.25, 0.3) is 11.8 Å². The van der Waals surface area contributed by atoms with Crippen molar-refractivity contribution in [2.75, 3.05) is 18.9 Å². The minimum Gasteiger partial charge on any atom is -0.339 e. The Hall–Kier alpha value is -2.63. The molecule has 0 fully saturated rings. The summed E-state index contributed by atoms with van der Waals surface area (Å²) in [5.74, 6) is 0.0426. The number of unbranched alkanes of at least 4 members (excludes halogenated alkanes) is 1. The second-order valence-electron chi connectivity index (χ2n) is 7.64. The van der Waals surface area contributed by atoms with Crippen molar-refractivity contribution in [3.63, 3.8) is 0 Å². The predicted octanol–water partition coefficient (Wildman–Crippen LogP) is 3.96. The molecule has 0 unspecified atom stereocenters. The molecule has 1 aliphatic heterocycles. The summed E-state index contributed by atoms with van der Waals surface area (Å²) >= 11 is 0. The molecule has 3 rings (SSSR count). The number of nitrogens with one attached hydrogen (secondary N) is 1. The fraction of sp³-hybridized carbons (Fsp3) is 0.500. The van der Waals surface area contributed by atoms with Gasteiger partial charge in [-0.25, -0.2) is 4.98 Å². The number of anilines is 1. The molecule has 0 spiro atoms. The molecular weight excluding hydrogens is 352 g/mol. The number of nitrogens with zero attached hydrogens (tertiary/aromatic N) is 3. The second kappa shape index (κ2) is 8.59. The maximum atomic E-state index is 13.1. The number of aromatic nitrogens is 2. The van der Waals surface area contributed by atoms with Gasteiger partial charge in [0.1, 0.15) is 0 Å². The minimum atomic E-state index is -0.238. The Morgan fingerprint density at radius 1 is 1.21 bits per heavy atom. The van der Waals surface area contributed by atoms with Crippen molar-refractivity contribution >= 4 is 17.5 Å². The lowest BCUT2D eigenvalue weighted by atomic mass is 10.1. The van der Waals surface area contributed by atoms with Crippen LogP contribution in [0.3, 0.4) is 0 Å². The topological polar surface area (TPSA) is 67.2 Å². The van der Waals surface area contributed by atoms with Gasteiger partial charge in [-0.2, -0.15) is 0 Å². The molecule has 0 saturated carbocycles.